The van der Waals surface area contributed by atoms with E-state index in [0.29, 0.717) is 6.42 Å². The third-order valence-corrected chi connectivity index (χ3v) is 2.83. The molecule has 0 amide bonds. The highest BCUT2D eigenvalue weighted by molar-refractivity contribution is 6.01. The van der Waals surface area contributed by atoms with Gasteiger partial charge in [0.2, 0.25) is 0 Å². The molecule has 68 valence electrons. The fraction of sp³-hybridized carbons (Fsp3) is 0.364. The SMILES string of the molecule is COC1=CC=C2C=CC(=O)C2(C)C1. The molecule has 0 saturated heterocycles. The van der Waals surface area contributed by atoms with Gasteiger partial charge >= 0.3 is 0 Å². The maximum atomic E-state index is 11.6. The fourth-order valence-electron chi connectivity index (χ4n) is 1.83. The Morgan fingerprint density at radius 1 is 1.38 bits per heavy atom. The van der Waals surface area contributed by atoms with Gasteiger partial charge in [0, 0.05) is 6.42 Å². The number of carbonyl (C=O) groups is 1. The van der Waals surface area contributed by atoms with E-state index in [2.05, 4.69) is 0 Å². The second kappa shape index (κ2) is 2.59. The number of carbonyl (C=O) groups excluding carboxylic acids is 1. The number of allylic oxidation sites excluding steroid dienone is 6. The Bertz CT molecular complexity index is 347. The summed E-state index contributed by atoms with van der Waals surface area (Å²) >= 11 is 0. The third-order valence-electron chi connectivity index (χ3n) is 2.83. The summed E-state index contributed by atoms with van der Waals surface area (Å²) in [6.07, 6.45) is 8.12. The number of fused-ring (bicyclic) bond motifs is 1. The molecule has 0 heterocycles. The van der Waals surface area contributed by atoms with Crippen LogP contribution < -0.4 is 0 Å². The Morgan fingerprint density at radius 3 is 2.85 bits per heavy atom. The lowest BCUT2D eigenvalue weighted by atomic mass is 9.76. The van der Waals surface area contributed by atoms with Crippen molar-refractivity contribution in [3.63, 3.8) is 0 Å². The zero-order chi connectivity index (χ0) is 9.47. The molecule has 0 N–H and O–H groups in total. The number of methoxy groups -OCH3 is 1. The summed E-state index contributed by atoms with van der Waals surface area (Å²) < 4.78 is 5.15. The maximum absolute atomic E-state index is 11.6. The molecule has 0 radical (unpaired) electrons. The Balaban J connectivity index is 2.41. The van der Waals surface area contributed by atoms with Crippen molar-refractivity contribution in [3.05, 3.63) is 35.6 Å². The normalized spacial score (nSPS) is 31.1. The first kappa shape index (κ1) is 8.30. The molecule has 0 bridgehead atoms. The van der Waals surface area contributed by atoms with Crippen molar-refractivity contribution in [2.24, 2.45) is 5.41 Å². The predicted octanol–water partition coefficient (Wildman–Crippen LogP) is 1.99. The van der Waals surface area contributed by atoms with Crippen LogP contribution in [0, 0.1) is 5.41 Å². The van der Waals surface area contributed by atoms with E-state index < -0.39 is 0 Å². The molecule has 2 heteroatoms. The quantitative estimate of drug-likeness (QED) is 0.610. The van der Waals surface area contributed by atoms with E-state index in [1.54, 1.807) is 13.2 Å². The van der Waals surface area contributed by atoms with Crippen LogP contribution in [0.5, 0.6) is 0 Å². The molecule has 2 aliphatic rings. The summed E-state index contributed by atoms with van der Waals surface area (Å²) in [4.78, 5) is 11.6. The second-order valence-corrected chi connectivity index (χ2v) is 3.67. The van der Waals surface area contributed by atoms with Crippen molar-refractivity contribution in [1.82, 2.24) is 0 Å². The smallest absolute Gasteiger partial charge is 0.166 e. The van der Waals surface area contributed by atoms with Crippen molar-refractivity contribution >= 4 is 5.78 Å². The van der Waals surface area contributed by atoms with Gasteiger partial charge in [0.25, 0.3) is 0 Å². The fourth-order valence-corrected chi connectivity index (χ4v) is 1.83. The van der Waals surface area contributed by atoms with Crippen LogP contribution in [0.1, 0.15) is 13.3 Å². The van der Waals surface area contributed by atoms with Crippen molar-refractivity contribution in [2.45, 2.75) is 13.3 Å². The molecule has 0 saturated carbocycles. The van der Waals surface area contributed by atoms with Gasteiger partial charge in [0.05, 0.1) is 18.3 Å². The molecule has 2 rings (SSSR count). The van der Waals surface area contributed by atoms with E-state index in [9.17, 15) is 4.79 Å². The van der Waals surface area contributed by atoms with Gasteiger partial charge in [-0.15, -0.1) is 0 Å². The van der Waals surface area contributed by atoms with Gasteiger partial charge < -0.3 is 4.74 Å². The first-order valence-corrected chi connectivity index (χ1v) is 4.34. The number of hydrogen-bond acceptors (Lipinski definition) is 2. The first-order chi connectivity index (χ1) is 6.16. The van der Waals surface area contributed by atoms with Crippen LogP contribution in [0.2, 0.25) is 0 Å². The largest absolute Gasteiger partial charge is 0.501 e. The minimum absolute atomic E-state index is 0.182. The van der Waals surface area contributed by atoms with Gasteiger partial charge in [-0.3, -0.25) is 4.79 Å². The molecule has 0 fully saturated rings. The van der Waals surface area contributed by atoms with Gasteiger partial charge in [0.1, 0.15) is 0 Å². The van der Waals surface area contributed by atoms with Gasteiger partial charge in [-0.1, -0.05) is 12.2 Å². The van der Waals surface area contributed by atoms with Gasteiger partial charge in [-0.2, -0.15) is 0 Å². The standard InChI is InChI=1S/C11H12O2/c1-11-7-9(13-2)5-3-8(11)4-6-10(11)12/h3-6H,7H2,1-2H3. The van der Waals surface area contributed by atoms with Crippen LogP contribution >= 0.6 is 0 Å². The Kier molecular flexibility index (Phi) is 1.65. The summed E-state index contributed by atoms with van der Waals surface area (Å²) in [5.74, 6) is 1.06. The highest BCUT2D eigenvalue weighted by atomic mass is 16.5. The molecule has 1 atom stereocenters. The lowest BCUT2D eigenvalue weighted by molar-refractivity contribution is -0.120. The molecule has 0 aromatic carbocycles. The molecule has 2 aliphatic carbocycles. The molecule has 0 aromatic rings. The molecule has 13 heavy (non-hydrogen) atoms. The van der Waals surface area contributed by atoms with Crippen LogP contribution in [0.15, 0.2) is 35.6 Å². The number of hydrogen-bond donors (Lipinski definition) is 0. The van der Waals surface area contributed by atoms with Crippen molar-refractivity contribution < 1.29 is 9.53 Å². The molecule has 0 aromatic heterocycles. The van der Waals surface area contributed by atoms with Crippen LogP contribution in [-0.2, 0) is 9.53 Å². The van der Waals surface area contributed by atoms with Crippen molar-refractivity contribution in [2.75, 3.05) is 7.11 Å². The molecule has 1 unspecified atom stereocenters. The van der Waals surface area contributed by atoms with Crippen LogP contribution in [0.3, 0.4) is 0 Å². The van der Waals surface area contributed by atoms with Crippen LogP contribution in [0.4, 0.5) is 0 Å². The zero-order valence-electron chi connectivity index (χ0n) is 7.83. The molecular formula is C11H12O2. The molecule has 0 spiro atoms. The third kappa shape index (κ3) is 1.05. The monoisotopic (exact) mass is 176 g/mol. The van der Waals surface area contributed by atoms with Crippen molar-refractivity contribution in [1.29, 1.82) is 0 Å². The van der Waals surface area contributed by atoms with E-state index in [-0.39, 0.29) is 11.2 Å². The summed E-state index contributed by atoms with van der Waals surface area (Å²) in [5.41, 5.74) is 0.735. The van der Waals surface area contributed by atoms with Crippen LogP contribution in [0.25, 0.3) is 0 Å². The van der Waals surface area contributed by atoms with Gasteiger partial charge in [-0.05, 0) is 24.6 Å². The average Bonchev–Trinajstić information content (AvgIpc) is 2.42. The summed E-state index contributed by atoms with van der Waals surface area (Å²) in [5, 5.41) is 0. The van der Waals surface area contributed by atoms with E-state index in [1.165, 1.54) is 0 Å². The highest BCUT2D eigenvalue weighted by Gasteiger charge is 2.40. The first-order valence-electron chi connectivity index (χ1n) is 4.34. The van der Waals surface area contributed by atoms with Crippen molar-refractivity contribution in [3.8, 4) is 0 Å². The summed E-state index contributed by atoms with van der Waals surface area (Å²) in [6.45, 7) is 1.97. The highest BCUT2D eigenvalue weighted by Crippen LogP contribution is 2.42. The van der Waals surface area contributed by atoms with E-state index in [0.717, 1.165) is 11.3 Å². The molecule has 0 aliphatic heterocycles. The Hall–Kier alpha value is -1.31. The molecule has 2 nitrogen and oxygen atoms in total. The predicted molar refractivity (Wildman–Crippen MR) is 50.0 cm³/mol. The van der Waals surface area contributed by atoms with Gasteiger partial charge in [0.15, 0.2) is 5.78 Å². The van der Waals surface area contributed by atoms with Crippen LogP contribution in [-0.4, -0.2) is 12.9 Å². The average molecular weight is 176 g/mol. The minimum atomic E-state index is -0.361. The zero-order valence-corrected chi connectivity index (χ0v) is 7.83. The summed E-state index contributed by atoms with van der Waals surface area (Å²) in [7, 11) is 1.64. The second-order valence-electron chi connectivity index (χ2n) is 3.67. The van der Waals surface area contributed by atoms with E-state index in [4.69, 9.17) is 4.74 Å². The van der Waals surface area contributed by atoms with Gasteiger partial charge in [-0.25, -0.2) is 0 Å². The summed E-state index contributed by atoms with van der Waals surface area (Å²) in [6, 6.07) is 0. The Labute approximate surface area is 77.6 Å². The topological polar surface area (TPSA) is 26.3 Å². The lowest BCUT2D eigenvalue weighted by Gasteiger charge is -2.27. The van der Waals surface area contributed by atoms with E-state index in [1.807, 2.05) is 25.2 Å². The van der Waals surface area contributed by atoms with E-state index >= 15 is 0 Å². The minimum Gasteiger partial charge on any atom is -0.501 e. The maximum Gasteiger partial charge on any atom is 0.166 e. The Morgan fingerprint density at radius 2 is 2.15 bits per heavy atom. The molecular weight excluding hydrogens is 164 g/mol. The number of ether oxygens (including phenoxy) is 1. The number of ketones is 1. The lowest BCUT2D eigenvalue weighted by Crippen LogP contribution is -2.26. The number of rotatable bonds is 1.